The fourth-order valence-electron chi connectivity index (χ4n) is 6.63. The Morgan fingerprint density at radius 2 is 0.872 bits per heavy atom. The number of nitrogens with zero attached hydrogens (tertiary/aromatic N) is 1. The average molecular weight is 600 g/mol. The van der Waals surface area contributed by atoms with E-state index in [0.29, 0.717) is 0 Å². The van der Waals surface area contributed by atoms with Crippen LogP contribution in [0, 0.1) is 0 Å². The van der Waals surface area contributed by atoms with Gasteiger partial charge in [0.1, 0.15) is 0 Å². The third kappa shape index (κ3) is 5.60. The predicted molar refractivity (Wildman–Crippen MR) is 200 cm³/mol. The molecule has 222 valence electrons. The molecule has 0 atom stereocenters. The van der Waals surface area contributed by atoms with Gasteiger partial charge < -0.3 is 4.90 Å². The minimum absolute atomic E-state index is 1.10. The lowest BCUT2D eigenvalue weighted by molar-refractivity contribution is 1.28. The minimum Gasteiger partial charge on any atom is -0.310 e. The Morgan fingerprint density at radius 1 is 0.298 bits per heavy atom. The third-order valence-corrected chi connectivity index (χ3v) is 8.87. The van der Waals surface area contributed by atoms with Crippen molar-refractivity contribution < 1.29 is 0 Å². The van der Waals surface area contributed by atoms with Gasteiger partial charge in [0, 0.05) is 16.9 Å². The topological polar surface area (TPSA) is 3.24 Å². The van der Waals surface area contributed by atoms with Crippen LogP contribution in [0.15, 0.2) is 200 Å². The van der Waals surface area contributed by atoms with Crippen LogP contribution in [-0.2, 0) is 0 Å². The van der Waals surface area contributed by atoms with E-state index < -0.39 is 0 Å². The summed E-state index contributed by atoms with van der Waals surface area (Å²) in [7, 11) is 0. The quantitative estimate of drug-likeness (QED) is 0.176. The summed E-state index contributed by atoms with van der Waals surface area (Å²) in [4.78, 5) is 2.39. The smallest absolute Gasteiger partial charge is 0.0540 e. The summed E-state index contributed by atoms with van der Waals surface area (Å²) in [6.45, 7) is 0. The van der Waals surface area contributed by atoms with Gasteiger partial charge in [0.05, 0.1) is 5.69 Å². The number of rotatable bonds is 7. The van der Waals surface area contributed by atoms with Crippen molar-refractivity contribution in [2.24, 2.45) is 0 Å². The van der Waals surface area contributed by atoms with Crippen LogP contribution < -0.4 is 4.90 Å². The van der Waals surface area contributed by atoms with Crippen LogP contribution in [0.25, 0.3) is 55.3 Å². The number of benzene rings is 8. The lowest BCUT2D eigenvalue weighted by Gasteiger charge is -2.28. The molecule has 1 nitrogen and oxygen atoms in total. The second-order valence-electron chi connectivity index (χ2n) is 11.8. The standard InChI is InChI=1S/C46H33N/c1-4-15-34(16-5-1)39-22-14-23-41(33-39)47(45-26-13-12-24-42(45)35-17-6-2-7-18-35)40-30-27-38(28-31-40)46-43-25-11-10-21-37(43)29-32-44(46)36-19-8-3-9-20-36/h1-33H. The Labute approximate surface area is 276 Å². The second kappa shape index (κ2) is 12.7. The zero-order valence-corrected chi connectivity index (χ0v) is 26.0. The number of para-hydroxylation sites is 1. The van der Waals surface area contributed by atoms with E-state index in [1.807, 2.05) is 0 Å². The zero-order valence-electron chi connectivity index (χ0n) is 26.0. The molecule has 0 aliphatic carbocycles. The highest BCUT2D eigenvalue weighted by atomic mass is 15.1. The molecule has 1 heteroatoms. The molecule has 0 fully saturated rings. The molecule has 0 amide bonds. The van der Waals surface area contributed by atoms with Gasteiger partial charge in [-0.25, -0.2) is 0 Å². The Kier molecular flexibility index (Phi) is 7.63. The highest BCUT2D eigenvalue weighted by molar-refractivity contribution is 6.04. The van der Waals surface area contributed by atoms with E-state index in [1.165, 1.54) is 55.3 Å². The Balaban J connectivity index is 1.30. The molecule has 0 radical (unpaired) electrons. The van der Waals surface area contributed by atoms with E-state index in [2.05, 4.69) is 205 Å². The molecule has 0 aliphatic rings. The lowest BCUT2D eigenvalue weighted by Crippen LogP contribution is -2.11. The van der Waals surface area contributed by atoms with E-state index in [1.54, 1.807) is 0 Å². The number of fused-ring (bicyclic) bond motifs is 1. The van der Waals surface area contributed by atoms with E-state index in [9.17, 15) is 0 Å². The molecule has 0 heterocycles. The second-order valence-corrected chi connectivity index (χ2v) is 11.8. The Hall–Kier alpha value is -6.18. The van der Waals surface area contributed by atoms with Gasteiger partial charge >= 0.3 is 0 Å². The fourth-order valence-corrected chi connectivity index (χ4v) is 6.63. The SMILES string of the molecule is c1ccc(-c2cccc(N(c3ccc(-c4c(-c5ccccc5)ccc5ccccc45)cc3)c3ccccc3-c3ccccc3)c2)cc1. The van der Waals surface area contributed by atoms with Gasteiger partial charge in [-0.2, -0.15) is 0 Å². The largest absolute Gasteiger partial charge is 0.310 e. The van der Waals surface area contributed by atoms with Crippen molar-refractivity contribution in [2.75, 3.05) is 4.90 Å². The highest BCUT2D eigenvalue weighted by Crippen LogP contribution is 2.44. The molecule has 0 unspecified atom stereocenters. The number of hydrogen-bond donors (Lipinski definition) is 0. The summed E-state index contributed by atoms with van der Waals surface area (Å²) in [5.74, 6) is 0. The molecule has 0 N–H and O–H groups in total. The molecule has 0 aromatic heterocycles. The van der Waals surface area contributed by atoms with Crippen molar-refractivity contribution in [3.8, 4) is 44.5 Å². The Morgan fingerprint density at radius 3 is 1.60 bits per heavy atom. The van der Waals surface area contributed by atoms with Crippen LogP contribution in [0.4, 0.5) is 17.1 Å². The molecule has 8 aromatic carbocycles. The van der Waals surface area contributed by atoms with Crippen molar-refractivity contribution in [1.82, 2.24) is 0 Å². The van der Waals surface area contributed by atoms with Gasteiger partial charge in [0.15, 0.2) is 0 Å². The van der Waals surface area contributed by atoms with Crippen molar-refractivity contribution in [1.29, 1.82) is 0 Å². The van der Waals surface area contributed by atoms with Crippen LogP contribution in [-0.4, -0.2) is 0 Å². The summed E-state index contributed by atoms with van der Waals surface area (Å²) in [5, 5.41) is 2.49. The molecule has 8 aromatic rings. The van der Waals surface area contributed by atoms with E-state index in [0.717, 1.165) is 17.1 Å². The van der Waals surface area contributed by atoms with Crippen LogP contribution >= 0.6 is 0 Å². The van der Waals surface area contributed by atoms with Crippen LogP contribution in [0.5, 0.6) is 0 Å². The molecule has 0 saturated carbocycles. The molecule has 47 heavy (non-hydrogen) atoms. The maximum Gasteiger partial charge on any atom is 0.0540 e. The van der Waals surface area contributed by atoms with E-state index in [-0.39, 0.29) is 0 Å². The summed E-state index contributed by atoms with van der Waals surface area (Å²) < 4.78 is 0. The molecule has 8 rings (SSSR count). The first-order valence-corrected chi connectivity index (χ1v) is 16.1. The normalized spacial score (nSPS) is 11.0. The lowest BCUT2D eigenvalue weighted by atomic mass is 9.89. The van der Waals surface area contributed by atoms with Crippen LogP contribution in [0.1, 0.15) is 0 Å². The fraction of sp³-hybridized carbons (Fsp3) is 0. The van der Waals surface area contributed by atoms with Crippen molar-refractivity contribution in [2.45, 2.75) is 0 Å². The molecule has 0 aliphatic heterocycles. The minimum atomic E-state index is 1.10. The monoisotopic (exact) mass is 599 g/mol. The van der Waals surface area contributed by atoms with E-state index in [4.69, 9.17) is 0 Å². The summed E-state index contributed by atoms with van der Waals surface area (Å²) in [6.07, 6.45) is 0. The maximum atomic E-state index is 2.39. The number of anilines is 3. The van der Waals surface area contributed by atoms with Gasteiger partial charge in [-0.15, -0.1) is 0 Å². The van der Waals surface area contributed by atoms with Crippen molar-refractivity contribution in [3.63, 3.8) is 0 Å². The first kappa shape index (κ1) is 28.3. The molecule has 0 bridgehead atoms. The van der Waals surface area contributed by atoms with Gasteiger partial charge in [-0.1, -0.05) is 170 Å². The average Bonchev–Trinajstić information content (AvgIpc) is 3.16. The van der Waals surface area contributed by atoms with Gasteiger partial charge in [-0.3, -0.25) is 0 Å². The zero-order chi connectivity index (χ0) is 31.4. The number of hydrogen-bond acceptors (Lipinski definition) is 1. The summed E-state index contributed by atoms with van der Waals surface area (Å²) >= 11 is 0. The third-order valence-electron chi connectivity index (χ3n) is 8.87. The first-order valence-electron chi connectivity index (χ1n) is 16.1. The van der Waals surface area contributed by atoms with Gasteiger partial charge in [0.2, 0.25) is 0 Å². The van der Waals surface area contributed by atoms with Gasteiger partial charge in [0.25, 0.3) is 0 Å². The van der Waals surface area contributed by atoms with Crippen molar-refractivity contribution in [3.05, 3.63) is 200 Å². The highest BCUT2D eigenvalue weighted by Gasteiger charge is 2.19. The molecular formula is C46H33N. The predicted octanol–water partition coefficient (Wildman–Crippen LogP) is 13.0. The van der Waals surface area contributed by atoms with E-state index >= 15 is 0 Å². The molecular weight excluding hydrogens is 567 g/mol. The summed E-state index contributed by atoms with van der Waals surface area (Å²) in [5.41, 5.74) is 13.0. The maximum absolute atomic E-state index is 2.39. The first-order chi connectivity index (χ1) is 23.3. The summed E-state index contributed by atoms with van der Waals surface area (Å²) in [6, 6.07) is 71.8. The molecule has 0 spiro atoms. The van der Waals surface area contributed by atoms with Crippen LogP contribution in [0.3, 0.4) is 0 Å². The van der Waals surface area contributed by atoms with Crippen molar-refractivity contribution >= 4 is 27.8 Å². The molecule has 0 saturated heterocycles. The van der Waals surface area contributed by atoms with Gasteiger partial charge in [-0.05, 0) is 80.0 Å². The Bertz CT molecular complexity index is 2270. The van der Waals surface area contributed by atoms with Crippen LogP contribution in [0.2, 0.25) is 0 Å².